The van der Waals surface area contributed by atoms with Crippen molar-refractivity contribution in [2.75, 3.05) is 0 Å². The zero-order valence-electron chi connectivity index (χ0n) is 15.8. The van der Waals surface area contributed by atoms with Gasteiger partial charge in [0, 0.05) is 23.6 Å². The number of carbonyl (C=O) groups is 2. The summed E-state index contributed by atoms with van der Waals surface area (Å²) in [5, 5.41) is 4.30. The Morgan fingerprint density at radius 3 is 2.73 bits per heavy atom. The maximum atomic E-state index is 12.8. The van der Waals surface area contributed by atoms with Gasteiger partial charge in [-0.15, -0.1) is 0 Å². The number of esters is 1. The predicted octanol–water partition coefficient (Wildman–Crippen LogP) is 5.44. The first-order chi connectivity index (χ1) is 14.4. The van der Waals surface area contributed by atoms with Gasteiger partial charge in [0.1, 0.15) is 17.3 Å². The normalized spacial score (nSPS) is 14.0. The van der Waals surface area contributed by atoms with Gasteiger partial charge in [-0.3, -0.25) is 9.59 Å². The molecular formula is C22H15Cl2NO5. The molecular weight excluding hydrogens is 429 g/mol. The molecule has 0 unspecified atom stereocenters. The van der Waals surface area contributed by atoms with E-state index in [1.165, 1.54) is 6.07 Å². The maximum absolute atomic E-state index is 12.8. The molecule has 1 aromatic heterocycles. The predicted molar refractivity (Wildman–Crippen MR) is 111 cm³/mol. The van der Waals surface area contributed by atoms with E-state index in [0.717, 1.165) is 0 Å². The minimum Gasteiger partial charge on any atom is -0.452 e. The topological polar surface area (TPSA) is 78.6 Å². The van der Waals surface area contributed by atoms with Crippen molar-refractivity contribution in [3.8, 4) is 11.5 Å². The molecule has 1 aliphatic heterocycles. The highest BCUT2D eigenvalue weighted by Crippen LogP contribution is 2.38. The first-order valence-corrected chi connectivity index (χ1v) is 9.81. The number of aromatic nitrogens is 1. The number of rotatable bonds is 5. The van der Waals surface area contributed by atoms with Gasteiger partial charge in [-0.2, -0.15) is 0 Å². The quantitative estimate of drug-likeness (QED) is 0.296. The molecule has 6 nitrogen and oxygen atoms in total. The van der Waals surface area contributed by atoms with Crippen LogP contribution >= 0.6 is 23.2 Å². The maximum Gasteiger partial charge on any atom is 0.311 e. The standard InChI is InChI=1S/C22H15Cl2NO5/c1-12-8-15(28-20(26)7-6-14-11-19(24)25-30-14)10-17-21(12)22(27)18(29-17)9-13-4-2-3-5-16(13)23/h2-5,8-11H,6-7H2,1H3/b18-9-. The molecule has 0 spiro atoms. The molecule has 30 heavy (non-hydrogen) atoms. The average molecular weight is 444 g/mol. The molecule has 8 heteroatoms. The van der Waals surface area contributed by atoms with Gasteiger partial charge < -0.3 is 14.0 Å². The number of fused-ring (bicyclic) bond motifs is 1. The van der Waals surface area contributed by atoms with Crippen LogP contribution in [-0.4, -0.2) is 16.9 Å². The zero-order valence-corrected chi connectivity index (χ0v) is 17.3. The van der Waals surface area contributed by atoms with Crippen LogP contribution in [0.1, 0.15) is 33.7 Å². The van der Waals surface area contributed by atoms with Crippen molar-refractivity contribution in [2.24, 2.45) is 0 Å². The van der Waals surface area contributed by atoms with Gasteiger partial charge in [0.05, 0.1) is 12.0 Å². The fraction of sp³-hybridized carbons (Fsp3) is 0.136. The van der Waals surface area contributed by atoms with E-state index in [0.29, 0.717) is 45.4 Å². The number of hydrogen-bond donors (Lipinski definition) is 0. The van der Waals surface area contributed by atoms with Gasteiger partial charge in [0.15, 0.2) is 10.9 Å². The minimum atomic E-state index is -0.460. The van der Waals surface area contributed by atoms with Gasteiger partial charge in [-0.05, 0) is 36.3 Å². The molecule has 0 amide bonds. The molecule has 152 valence electrons. The van der Waals surface area contributed by atoms with E-state index in [2.05, 4.69) is 5.16 Å². The van der Waals surface area contributed by atoms with Gasteiger partial charge in [-0.25, -0.2) is 0 Å². The van der Waals surface area contributed by atoms with Crippen LogP contribution < -0.4 is 9.47 Å². The van der Waals surface area contributed by atoms with Crippen LogP contribution in [0.4, 0.5) is 0 Å². The van der Waals surface area contributed by atoms with Gasteiger partial charge in [-0.1, -0.05) is 46.6 Å². The molecule has 0 bridgehead atoms. The lowest BCUT2D eigenvalue weighted by Crippen LogP contribution is -2.09. The first-order valence-electron chi connectivity index (χ1n) is 9.06. The van der Waals surface area contributed by atoms with Crippen molar-refractivity contribution in [3.63, 3.8) is 0 Å². The number of Topliss-reactive ketones (excluding diaryl/α,β-unsaturated/α-hetero) is 1. The number of halogens is 2. The molecule has 0 fully saturated rings. The third kappa shape index (κ3) is 4.25. The minimum absolute atomic E-state index is 0.0824. The van der Waals surface area contributed by atoms with E-state index in [4.69, 9.17) is 37.2 Å². The number of allylic oxidation sites excluding steroid dienone is 1. The number of nitrogens with zero attached hydrogens (tertiary/aromatic N) is 1. The Bertz CT molecular complexity index is 1180. The second kappa shape index (κ2) is 8.34. The highest BCUT2D eigenvalue weighted by molar-refractivity contribution is 6.32. The Morgan fingerprint density at radius 2 is 2.00 bits per heavy atom. The Hall–Kier alpha value is -3.09. The SMILES string of the molecule is Cc1cc(OC(=O)CCc2cc(Cl)no2)cc2c1C(=O)/C(=C/c1ccccc1Cl)O2. The summed E-state index contributed by atoms with van der Waals surface area (Å²) in [6, 6.07) is 11.8. The molecule has 0 N–H and O–H groups in total. The zero-order chi connectivity index (χ0) is 21.3. The van der Waals surface area contributed by atoms with Gasteiger partial charge >= 0.3 is 5.97 Å². The number of aryl methyl sites for hydroxylation is 2. The van der Waals surface area contributed by atoms with Crippen molar-refractivity contribution in [1.82, 2.24) is 5.16 Å². The van der Waals surface area contributed by atoms with Crippen molar-refractivity contribution >= 4 is 41.0 Å². The summed E-state index contributed by atoms with van der Waals surface area (Å²) in [5.74, 6) is 0.569. The molecule has 0 saturated heterocycles. The third-order valence-electron chi connectivity index (χ3n) is 4.47. The van der Waals surface area contributed by atoms with Crippen molar-refractivity contribution in [2.45, 2.75) is 19.8 Å². The molecule has 0 aliphatic carbocycles. The fourth-order valence-electron chi connectivity index (χ4n) is 3.08. The summed E-state index contributed by atoms with van der Waals surface area (Å²) in [6.07, 6.45) is 1.99. The van der Waals surface area contributed by atoms with Gasteiger partial charge in [0.2, 0.25) is 5.78 Å². The number of ketones is 1. The third-order valence-corrected chi connectivity index (χ3v) is 5.00. The van der Waals surface area contributed by atoms with E-state index in [1.54, 1.807) is 43.3 Å². The second-order valence-corrected chi connectivity index (χ2v) is 7.46. The number of benzene rings is 2. The van der Waals surface area contributed by atoms with Gasteiger partial charge in [0.25, 0.3) is 0 Å². The van der Waals surface area contributed by atoms with Crippen LogP contribution in [0, 0.1) is 6.92 Å². The Morgan fingerprint density at radius 1 is 1.20 bits per heavy atom. The molecule has 1 aliphatic rings. The van der Waals surface area contributed by atoms with Crippen LogP contribution in [0.5, 0.6) is 11.5 Å². The second-order valence-electron chi connectivity index (χ2n) is 6.66. The lowest BCUT2D eigenvalue weighted by Gasteiger charge is -2.07. The summed E-state index contributed by atoms with van der Waals surface area (Å²) >= 11 is 11.8. The highest BCUT2D eigenvalue weighted by Gasteiger charge is 2.30. The largest absolute Gasteiger partial charge is 0.452 e. The van der Waals surface area contributed by atoms with Crippen LogP contribution in [0.25, 0.3) is 6.08 Å². The van der Waals surface area contributed by atoms with Crippen LogP contribution in [-0.2, 0) is 11.2 Å². The Balaban J connectivity index is 1.49. The number of carbonyl (C=O) groups excluding carboxylic acids is 2. The van der Waals surface area contributed by atoms with E-state index >= 15 is 0 Å². The molecule has 4 rings (SSSR count). The summed E-state index contributed by atoms with van der Waals surface area (Å²) in [4.78, 5) is 24.9. The van der Waals surface area contributed by atoms with E-state index in [1.807, 2.05) is 6.07 Å². The highest BCUT2D eigenvalue weighted by atomic mass is 35.5. The summed E-state index contributed by atoms with van der Waals surface area (Å²) in [6.45, 7) is 1.76. The summed E-state index contributed by atoms with van der Waals surface area (Å²) in [5.41, 5.74) is 1.75. The smallest absolute Gasteiger partial charge is 0.311 e. The van der Waals surface area contributed by atoms with Crippen LogP contribution in [0.3, 0.4) is 0 Å². The van der Waals surface area contributed by atoms with Crippen molar-refractivity contribution < 1.29 is 23.6 Å². The first kappa shape index (κ1) is 20.2. The summed E-state index contributed by atoms with van der Waals surface area (Å²) in [7, 11) is 0. The van der Waals surface area contributed by atoms with E-state index < -0.39 is 5.97 Å². The molecule has 2 aromatic carbocycles. The number of hydrogen-bond acceptors (Lipinski definition) is 6. The molecule has 0 saturated carbocycles. The van der Waals surface area contributed by atoms with Crippen LogP contribution in [0.15, 0.2) is 52.7 Å². The lowest BCUT2D eigenvalue weighted by atomic mass is 10.0. The Labute approximate surface area is 182 Å². The molecule has 3 aromatic rings. The molecule has 0 radical (unpaired) electrons. The number of ether oxygens (including phenoxy) is 2. The molecule has 0 atom stereocenters. The van der Waals surface area contributed by atoms with Crippen molar-refractivity contribution in [3.05, 3.63) is 80.9 Å². The summed E-state index contributed by atoms with van der Waals surface area (Å²) < 4.78 is 16.1. The fourth-order valence-corrected chi connectivity index (χ4v) is 3.43. The van der Waals surface area contributed by atoms with E-state index in [-0.39, 0.29) is 23.1 Å². The monoisotopic (exact) mass is 443 g/mol. The molecule has 2 heterocycles. The van der Waals surface area contributed by atoms with E-state index in [9.17, 15) is 9.59 Å². The van der Waals surface area contributed by atoms with Crippen molar-refractivity contribution in [1.29, 1.82) is 0 Å². The Kier molecular flexibility index (Phi) is 5.61. The lowest BCUT2D eigenvalue weighted by molar-refractivity contribution is -0.134. The average Bonchev–Trinajstić information content (AvgIpc) is 3.25. The van der Waals surface area contributed by atoms with Crippen LogP contribution in [0.2, 0.25) is 10.2 Å².